The Labute approximate surface area is 128 Å². The van der Waals surface area contributed by atoms with Gasteiger partial charge in [0.05, 0.1) is 0 Å². The third-order valence-electron chi connectivity index (χ3n) is 3.66. The molecule has 1 aliphatic rings. The fraction of sp³-hybridized carbons (Fsp3) is 0.312. The molecular formula is C16H18N4O2. The highest BCUT2D eigenvalue weighted by atomic mass is 16.5. The summed E-state index contributed by atoms with van der Waals surface area (Å²) in [6.07, 6.45) is 3.61. The average Bonchev–Trinajstić information content (AvgIpc) is 3.23. The maximum absolute atomic E-state index is 11.1. The van der Waals surface area contributed by atoms with Gasteiger partial charge < -0.3 is 14.7 Å². The number of carbonyl (C=O) groups excluding carboxylic acids is 1. The second-order valence-corrected chi connectivity index (χ2v) is 5.21. The summed E-state index contributed by atoms with van der Waals surface area (Å²) in [5.74, 6) is 0.995. The van der Waals surface area contributed by atoms with E-state index < -0.39 is 0 Å². The van der Waals surface area contributed by atoms with Gasteiger partial charge >= 0.3 is 0 Å². The van der Waals surface area contributed by atoms with E-state index in [9.17, 15) is 4.79 Å². The largest absolute Gasteiger partial charge is 0.348 e. The van der Waals surface area contributed by atoms with Crippen molar-refractivity contribution in [2.24, 2.45) is 0 Å². The van der Waals surface area contributed by atoms with Crippen molar-refractivity contribution in [1.82, 2.24) is 15.5 Å². The fourth-order valence-electron chi connectivity index (χ4n) is 2.41. The second kappa shape index (κ2) is 6.43. The summed E-state index contributed by atoms with van der Waals surface area (Å²) < 4.78 is 5.33. The average molecular weight is 298 g/mol. The summed E-state index contributed by atoms with van der Waals surface area (Å²) >= 11 is 0. The standard InChI is InChI=1S/C16H18N4O2/c1-2-14(21)17-11-12-5-7-13(8-6-12)15-18-16(19-22-15)20-9-3-4-10-20/h2,5-8H,1,3-4,9-11H2,(H,17,21). The lowest BCUT2D eigenvalue weighted by Crippen LogP contribution is -2.19. The van der Waals surface area contributed by atoms with Crippen LogP contribution in [0.4, 0.5) is 5.95 Å². The molecule has 114 valence electrons. The lowest BCUT2D eigenvalue weighted by Gasteiger charge is -2.09. The number of aromatic nitrogens is 2. The molecule has 1 N–H and O–H groups in total. The minimum atomic E-state index is -0.184. The van der Waals surface area contributed by atoms with Crippen LogP contribution in [-0.2, 0) is 11.3 Å². The number of rotatable bonds is 5. The predicted molar refractivity (Wildman–Crippen MR) is 83.2 cm³/mol. The number of benzene rings is 1. The smallest absolute Gasteiger partial charge is 0.266 e. The van der Waals surface area contributed by atoms with Gasteiger partial charge in [-0.1, -0.05) is 18.7 Å². The van der Waals surface area contributed by atoms with Crippen LogP contribution in [0.5, 0.6) is 0 Å². The first kappa shape index (κ1) is 14.3. The molecule has 6 nitrogen and oxygen atoms in total. The van der Waals surface area contributed by atoms with Crippen molar-refractivity contribution in [2.45, 2.75) is 19.4 Å². The fourth-order valence-corrected chi connectivity index (χ4v) is 2.41. The highest BCUT2D eigenvalue weighted by Crippen LogP contribution is 2.22. The Kier molecular flexibility index (Phi) is 4.18. The number of carbonyl (C=O) groups is 1. The molecule has 1 aromatic carbocycles. The molecule has 0 saturated carbocycles. The minimum absolute atomic E-state index is 0.184. The molecule has 1 aromatic heterocycles. The van der Waals surface area contributed by atoms with Gasteiger partial charge in [-0.3, -0.25) is 4.79 Å². The quantitative estimate of drug-likeness (QED) is 0.856. The van der Waals surface area contributed by atoms with E-state index in [2.05, 4.69) is 26.9 Å². The molecule has 6 heteroatoms. The van der Waals surface area contributed by atoms with Crippen LogP contribution in [0.3, 0.4) is 0 Å². The van der Waals surface area contributed by atoms with Gasteiger partial charge in [0, 0.05) is 25.2 Å². The molecule has 1 fully saturated rings. The van der Waals surface area contributed by atoms with E-state index in [1.54, 1.807) is 0 Å². The normalized spacial score (nSPS) is 14.1. The summed E-state index contributed by atoms with van der Waals surface area (Å²) in [6, 6.07) is 7.68. The van der Waals surface area contributed by atoms with Crippen LogP contribution in [-0.4, -0.2) is 29.1 Å². The molecule has 2 heterocycles. The molecule has 0 aliphatic carbocycles. The van der Waals surface area contributed by atoms with Gasteiger partial charge in [-0.05, 0) is 41.8 Å². The molecular weight excluding hydrogens is 280 g/mol. The third-order valence-corrected chi connectivity index (χ3v) is 3.66. The molecule has 1 saturated heterocycles. The summed E-state index contributed by atoms with van der Waals surface area (Å²) in [5.41, 5.74) is 1.87. The topological polar surface area (TPSA) is 71.3 Å². The minimum Gasteiger partial charge on any atom is -0.348 e. The molecule has 0 atom stereocenters. The first-order valence-electron chi connectivity index (χ1n) is 7.34. The molecule has 2 aromatic rings. The van der Waals surface area contributed by atoms with Crippen LogP contribution in [0.25, 0.3) is 11.5 Å². The molecule has 0 bridgehead atoms. The predicted octanol–water partition coefficient (Wildman–Crippen LogP) is 2.14. The van der Waals surface area contributed by atoms with E-state index in [0.29, 0.717) is 18.4 Å². The van der Waals surface area contributed by atoms with E-state index in [1.807, 2.05) is 24.3 Å². The third kappa shape index (κ3) is 3.16. The first-order valence-corrected chi connectivity index (χ1v) is 7.34. The van der Waals surface area contributed by atoms with Crippen molar-refractivity contribution in [1.29, 1.82) is 0 Å². The maximum atomic E-state index is 11.1. The van der Waals surface area contributed by atoms with Crippen molar-refractivity contribution >= 4 is 11.9 Å². The molecule has 22 heavy (non-hydrogen) atoms. The van der Waals surface area contributed by atoms with Gasteiger partial charge in [0.15, 0.2) is 0 Å². The first-order chi connectivity index (χ1) is 10.8. The molecule has 3 rings (SSSR count). The van der Waals surface area contributed by atoms with Gasteiger partial charge in [0.25, 0.3) is 11.8 Å². The van der Waals surface area contributed by atoms with Crippen molar-refractivity contribution in [3.05, 3.63) is 42.5 Å². The molecule has 1 aliphatic heterocycles. The Morgan fingerprint density at radius 3 is 2.73 bits per heavy atom. The second-order valence-electron chi connectivity index (χ2n) is 5.21. The van der Waals surface area contributed by atoms with E-state index >= 15 is 0 Å². The highest BCUT2D eigenvalue weighted by Gasteiger charge is 2.18. The van der Waals surface area contributed by atoms with Crippen LogP contribution in [0.15, 0.2) is 41.4 Å². The number of amides is 1. The number of nitrogens with one attached hydrogen (secondary N) is 1. The summed E-state index contributed by atoms with van der Waals surface area (Å²) in [5, 5.41) is 6.77. The summed E-state index contributed by atoms with van der Waals surface area (Å²) in [7, 11) is 0. The van der Waals surface area contributed by atoms with Crippen LogP contribution in [0.2, 0.25) is 0 Å². The van der Waals surface area contributed by atoms with Gasteiger partial charge in [-0.2, -0.15) is 4.98 Å². The van der Waals surface area contributed by atoms with Crippen LogP contribution in [0.1, 0.15) is 18.4 Å². The van der Waals surface area contributed by atoms with Gasteiger partial charge in [-0.25, -0.2) is 0 Å². The maximum Gasteiger partial charge on any atom is 0.266 e. The van der Waals surface area contributed by atoms with Crippen molar-refractivity contribution in [3.8, 4) is 11.5 Å². The van der Waals surface area contributed by atoms with Gasteiger partial charge in [-0.15, -0.1) is 0 Å². The monoisotopic (exact) mass is 298 g/mol. The van der Waals surface area contributed by atoms with Crippen molar-refractivity contribution < 1.29 is 9.32 Å². The SMILES string of the molecule is C=CC(=O)NCc1ccc(-c2nc(N3CCCC3)no2)cc1. The molecule has 1 amide bonds. The van der Waals surface area contributed by atoms with E-state index in [-0.39, 0.29) is 5.91 Å². The molecule has 0 spiro atoms. The van der Waals surface area contributed by atoms with Crippen LogP contribution in [0, 0.1) is 0 Å². The Morgan fingerprint density at radius 1 is 1.32 bits per heavy atom. The number of nitrogens with zero attached hydrogens (tertiary/aromatic N) is 3. The van der Waals surface area contributed by atoms with Crippen molar-refractivity contribution in [2.75, 3.05) is 18.0 Å². The van der Waals surface area contributed by atoms with Crippen LogP contribution >= 0.6 is 0 Å². The van der Waals surface area contributed by atoms with E-state index in [1.165, 1.54) is 18.9 Å². The van der Waals surface area contributed by atoms with Crippen LogP contribution < -0.4 is 10.2 Å². The van der Waals surface area contributed by atoms with E-state index in [0.717, 1.165) is 24.2 Å². The number of anilines is 1. The lowest BCUT2D eigenvalue weighted by molar-refractivity contribution is -0.116. The summed E-state index contributed by atoms with van der Waals surface area (Å²) in [4.78, 5) is 17.7. The highest BCUT2D eigenvalue weighted by molar-refractivity contribution is 5.86. The zero-order chi connectivity index (χ0) is 15.4. The zero-order valence-electron chi connectivity index (χ0n) is 12.3. The Morgan fingerprint density at radius 2 is 2.05 bits per heavy atom. The number of hydrogen-bond acceptors (Lipinski definition) is 5. The lowest BCUT2D eigenvalue weighted by atomic mass is 10.1. The Bertz CT molecular complexity index is 657. The van der Waals surface area contributed by atoms with Gasteiger partial charge in [0.1, 0.15) is 0 Å². The Hall–Kier alpha value is -2.63. The number of hydrogen-bond donors (Lipinski definition) is 1. The molecule has 0 radical (unpaired) electrons. The van der Waals surface area contributed by atoms with Crippen molar-refractivity contribution in [3.63, 3.8) is 0 Å². The summed E-state index contributed by atoms with van der Waals surface area (Å²) in [6.45, 7) is 5.86. The Balaban J connectivity index is 1.67. The van der Waals surface area contributed by atoms with E-state index in [4.69, 9.17) is 4.52 Å². The zero-order valence-corrected chi connectivity index (χ0v) is 12.3. The molecule has 0 unspecified atom stereocenters. The van der Waals surface area contributed by atoms with Gasteiger partial charge in [0.2, 0.25) is 5.91 Å².